The van der Waals surface area contributed by atoms with Gasteiger partial charge in [0.2, 0.25) is 11.8 Å². The smallest absolute Gasteiger partial charge is 0.242 e. The quantitative estimate of drug-likeness (QED) is 0.618. The van der Waals surface area contributed by atoms with E-state index >= 15 is 0 Å². The lowest BCUT2D eigenvalue weighted by atomic mass is 9.95. The average molecular weight is 447 g/mol. The summed E-state index contributed by atoms with van der Waals surface area (Å²) in [4.78, 5) is 27.8. The Kier molecular flexibility index (Phi) is 8.17. The van der Waals surface area contributed by atoms with Gasteiger partial charge in [-0.05, 0) is 49.1 Å². The van der Waals surface area contributed by atoms with E-state index in [1.807, 2.05) is 30.3 Å². The number of benzene rings is 2. The molecule has 1 fully saturated rings. The predicted molar refractivity (Wildman–Crippen MR) is 122 cm³/mol. The molecule has 160 valence electrons. The molecular weight excluding hydrogens is 419 g/mol. The van der Waals surface area contributed by atoms with Crippen molar-refractivity contribution in [3.63, 3.8) is 0 Å². The normalized spacial score (nSPS) is 15.4. The summed E-state index contributed by atoms with van der Waals surface area (Å²) < 4.78 is 0. The second-order valence-corrected chi connectivity index (χ2v) is 8.78. The fraction of sp³-hybridized carbons (Fsp3) is 0.417. The number of nitrogens with zero attached hydrogens (tertiary/aromatic N) is 1. The Bertz CT molecular complexity index is 864. The Labute approximate surface area is 188 Å². The van der Waals surface area contributed by atoms with Gasteiger partial charge < -0.3 is 10.2 Å². The Balaban J connectivity index is 1.76. The minimum atomic E-state index is -0.594. The summed E-state index contributed by atoms with van der Waals surface area (Å²) in [5, 5.41) is 4.35. The van der Waals surface area contributed by atoms with Crippen LogP contribution in [0, 0.1) is 0 Å². The van der Waals surface area contributed by atoms with E-state index in [4.69, 9.17) is 23.2 Å². The second kappa shape index (κ2) is 10.8. The third-order valence-corrected chi connectivity index (χ3v) is 6.31. The molecule has 1 atom stereocenters. The molecule has 2 aromatic carbocycles. The number of nitrogens with one attached hydrogen (secondary N) is 1. The van der Waals surface area contributed by atoms with E-state index in [0.29, 0.717) is 10.0 Å². The molecule has 0 spiro atoms. The van der Waals surface area contributed by atoms with E-state index in [-0.39, 0.29) is 30.8 Å². The lowest BCUT2D eigenvalue weighted by molar-refractivity contribution is -0.140. The van der Waals surface area contributed by atoms with Crippen molar-refractivity contribution in [2.24, 2.45) is 0 Å². The van der Waals surface area contributed by atoms with Gasteiger partial charge in [-0.1, -0.05) is 72.8 Å². The lowest BCUT2D eigenvalue weighted by Gasteiger charge is -2.31. The fourth-order valence-corrected chi connectivity index (χ4v) is 4.16. The molecule has 6 heteroatoms. The molecule has 1 aliphatic rings. The van der Waals surface area contributed by atoms with Crippen LogP contribution in [0.2, 0.25) is 10.0 Å². The third kappa shape index (κ3) is 6.23. The standard InChI is InChI=1S/C24H28Cl2N2O2/c1-17(24(30)27-21-8-3-2-4-9-21)28(16-19-7-5-6-10-22(19)26)23(29)15-18-11-13-20(25)14-12-18/h5-7,10-14,17,21H,2-4,8-9,15-16H2,1H3,(H,27,30)/t17-/m1/s1. The largest absolute Gasteiger partial charge is 0.352 e. The van der Waals surface area contributed by atoms with Gasteiger partial charge in [0, 0.05) is 22.6 Å². The number of carbonyl (C=O) groups excluding carboxylic acids is 2. The number of carbonyl (C=O) groups is 2. The fourth-order valence-electron chi connectivity index (χ4n) is 3.84. The number of hydrogen-bond donors (Lipinski definition) is 1. The van der Waals surface area contributed by atoms with Crippen LogP contribution in [-0.2, 0) is 22.6 Å². The van der Waals surface area contributed by atoms with Crippen LogP contribution < -0.4 is 5.32 Å². The van der Waals surface area contributed by atoms with Gasteiger partial charge in [0.15, 0.2) is 0 Å². The Morgan fingerprint density at radius 3 is 2.37 bits per heavy atom. The molecule has 3 rings (SSSR count). The zero-order valence-corrected chi connectivity index (χ0v) is 18.8. The molecule has 1 saturated carbocycles. The SMILES string of the molecule is C[C@H](C(=O)NC1CCCCC1)N(Cc1ccccc1Cl)C(=O)Cc1ccc(Cl)cc1. The van der Waals surface area contributed by atoms with Gasteiger partial charge in [-0.15, -0.1) is 0 Å². The highest BCUT2D eigenvalue weighted by Crippen LogP contribution is 2.21. The monoisotopic (exact) mass is 446 g/mol. The minimum absolute atomic E-state index is 0.113. The highest BCUT2D eigenvalue weighted by Gasteiger charge is 2.28. The zero-order chi connectivity index (χ0) is 21.5. The summed E-state index contributed by atoms with van der Waals surface area (Å²) in [5.41, 5.74) is 1.68. The molecule has 0 unspecified atom stereocenters. The van der Waals surface area contributed by atoms with Crippen LogP contribution >= 0.6 is 23.2 Å². The first-order valence-electron chi connectivity index (χ1n) is 10.5. The summed E-state index contributed by atoms with van der Waals surface area (Å²) in [5.74, 6) is -0.234. The van der Waals surface area contributed by atoms with E-state index in [2.05, 4.69) is 5.32 Å². The van der Waals surface area contributed by atoms with Gasteiger partial charge in [0.1, 0.15) is 6.04 Å². The molecule has 0 saturated heterocycles. The molecule has 0 aromatic heterocycles. The second-order valence-electron chi connectivity index (χ2n) is 7.94. The summed E-state index contributed by atoms with van der Waals surface area (Å²) in [6, 6.07) is 14.2. The summed E-state index contributed by atoms with van der Waals surface area (Å²) in [6.07, 6.45) is 5.70. The number of halogens is 2. The first-order chi connectivity index (χ1) is 14.4. The molecular formula is C24H28Cl2N2O2. The summed E-state index contributed by atoms with van der Waals surface area (Å²) >= 11 is 12.3. The Hall–Kier alpha value is -2.04. The van der Waals surface area contributed by atoms with Crippen molar-refractivity contribution in [1.82, 2.24) is 10.2 Å². The summed E-state index contributed by atoms with van der Waals surface area (Å²) in [6.45, 7) is 2.07. The zero-order valence-electron chi connectivity index (χ0n) is 17.2. The van der Waals surface area contributed by atoms with Gasteiger partial charge >= 0.3 is 0 Å². The van der Waals surface area contributed by atoms with Crippen LogP contribution in [-0.4, -0.2) is 28.8 Å². The third-order valence-electron chi connectivity index (χ3n) is 5.69. The van der Waals surface area contributed by atoms with Crippen LogP contribution in [0.3, 0.4) is 0 Å². The first kappa shape index (κ1) is 22.6. The topological polar surface area (TPSA) is 49.4 Å². The molecule has 30 heavy (non-hydrogen) atoms. The van der Waals surface area contributed by atoms with Crippen LogP contribution in [0.1, 0.15) is 50.2 Å². The van der Waals surface area contributed by atoms with E-state index in [1.165, 1.54) is 6.42 Å². The summed E-state index contributed by atoms with van der Waals surface area (Å²) in [7, 11) is 0. The Morgan fingerprint density at radius 1 is 1.03 bits per heavy atom. The number of rotatable bonds is 7. The average Bonchev–Trinajstić information content (AvgIpc) is 2.75. The van der Waals surface area contributed by atoms with Gasteiger partial charge in [0.25, 0.3) is 0 Å². The molecule has 0 radical (unpaired) electrons. The van der Waals surface area contributed by atoms with Crippen molar-refractivity contribution in [2.45, 2.75) is 64.1 Å². The van der Waals surface area contributed by atoms with Crippen LogP contribution in [0.15, 0.2) is 48.5 Å². The van der Waals surface area contributed by atoms with Crippen LogP contribution in [0.25, 0.3) is 0 Å². The van der Waals surface area contributed by atoms with Gasteiger partial charge in [-0.25, -0.2) is 0 Å². The molecule has 0 bridgehead atoms. The van der Waals surface area contributed by atoms with Gasteiger partial charge in [0.05, 0.1) is 6.42 Å². The molecule has 0 heterocycles. The molecule has 2 aromatic rings. The van der Waals surface area contributed by atoms with Crippen LogP contribution in [0.5, 0.6) is 0 Å². The van der Waals surface area contributed by atoms with E-state index in [0.717, 1.165) is 36.8 Å². The maximum absolute atomic E-state index is 13.2. The van der Waals surface area contributed by atoms with Crippen molar-refractivity contribution in [2.75, 3.05) is 0 Å². The maximum atomic E-state index is 13.2. The maximum Gasteiger partial charge on any atom is 0.242 e. The minimum Gasteiger partial charge on any atom is -0.352 e. The molecule has 0 aliphatic heterocycles. The van der Waals surface area contributed by atoms with Crippen molar-refractivity contribution in [1.29, 1.82) is 0 Å². The Morgan fingerprint density at radius 2 is 1.70 bits per heavy atom. The first-order valence-corrected chi connectivity index (χ1v) is 11.3. The van der Waals surface area contributed by atoms with Crippen molar-refractivity contribution >= 4 is 35.0 Å². The van der Waals surface area contributed by atoms with Gasteiger partial charge in [-0.2, -0.15) is 0 Å². The molecule has 4 nitrogen and oxygen atoms in total. The molecule has 1 aliphatic carbocycles. The molecule has 1 N–H and O–H groups in total. The van der Waals surface area contributed by atoms with Crippen molar-refractivity contribution in [3.05, 3.63) is 69.7 Å². The van der Waals surface area contributed by atoms with Crippen LogP contribution in [0.4, 0.5) is 0 Å². The highest BCUT2D eigenvalue weighted by atomic mass is 35.5. The molecule has 2 amide bonds. The van der Waals surface area contributed by atoms with E-state index in [9.17, 15) is 9.59 Å². The highest BCUT2D eigenvalue weighted by molar-refractivity contribution is 6.31. The predicted octanol–water partition coefficient (Wildman–Crippen LogP) is 5.40. The number of hydrogen-bond acceptors (Lipinski definition) is 2. The van der Waals surface area contributed by atoms with Gasteiger partial charge in [-0.3, -0.25) is 9.59 Å². The van der Waals surface area contributed by atoms with E-state index in [1.54, 1.807) is 30.0 Å². The van der Waals surface area contributed by atoms with E-state index < -0.39 is 6.04 Å². The number of amides is 2. The van der Waals surface area contributed by atoms with Crippen molar-refractivity contribution in [3.8, 4) is 0 Å². The lowest BCUT2D eigenvalue weighted by Crippen LogP contribution is -2.50. The van der Waals surface area contributed by atoms with Crippen molar-refractivity contribution < 1.29 is 9.59 Å².